The molecule has 0 aromatic heterocycles. The molecular formula is C14H28O. The first kappa shape index (κ1) is 14.7. The number of hydrogen-bond acceptors (Lipinski definition) is 1. The third-order valence-corrected chi connectivity index (χ3v) is 2.10. The van der Waals surface area contributed by atoms with E-state index in [1.165, 1.54) is 0 Å². The second-order valence-corrected chi connectivity index (χ2v) is 6.50. The highest BCUT2D eigenvalue weighted by molar-refractivity contribution is 4.94. The van der Waals surface area contributed by atoms with Gasteiger partial charge in [-0.05, 0) is 31.1 Å². The topological polar surface area (TPSA) is 9.23 Å². The molecule has 0 rings (SSSR count). The van der Waals surface area contributed by atoms with Crippen molar-refractivity contribution in [1.82, 2.24) is 0 Å². The molecular weight excluding hydrogens is 184 g/mol. The molecule has 0 heterocycles. The number of rotatable bonds is 5. The minimum atomic E-state index is 0.242. The Kier molecular flexibility index (Phi) is 5.58. The smallest absolute Gasteiger partial charge is 0.0523 e. The summed E-state index contributed by atoms with van der Waals surface area (Å²) in [6.45, 7) is 16.2. The Morgan fingerprint density at radius 2 is 1.60 bits per heavy atom. The van der Waals surface area contributed by atoms with E-state index in [9.17, 15) is 0 Å². The summed E-state index contributed by atoms with van der Waals surface area (Å²) in [5.74, 6) is 0. The zero-order valence-electron chi connectivity index (χ0n) is 11.6. The Morgan fingerprint density at radius 1 is 1.07 bits per heavy atom. The maximum Gasteiger partial charge on any atom is 0.0523 e. The highest BCUT2D eigenvalue weighted by atomic mass is 16.5. The predicted octanol–water partition coefficient (Wildman–Crippen LogP) is 4.43. The molecule has 0 unspecified atom stereocenters. The van der Waals surface area contributed by atoms with Crippen molar-refractivity contribution >= 4 is 0 Å². The van der Waals surface area contributed by atoms with Crippen molar-refractivity contribution in [3.63, 3.8) is 0 Å². The molecule has 0 amide bonds. The third-order valence-electron chi connectivity index (χ3n) is 2.10. The molecule has 0 aliphatic rings. The van der Waals surface area contributed by atoms with E-state index in [0.717, 1.165) is 13.0 Å². The lowest BCUT2D eigenvalue weighted by Gasteiger charge is -2.24. The Bertz CT molecular complexity index is 194. The van der Waals surface area contributed by atoms with Crippen molar-refractivity contribution in [2.24, 2.45) is 10.8 Å². The van der Waals surface area contributed by atoms with Gasteiger partial charge in [-0.1, -0.05) is 46.8 Å². The number of allylic oxidation sites excluding steroid dienone is 2. The lowest BCUT2D eigenvalue weighted by molar-refractivity contribution is 0.0225. The Balaban J connectivity index is 3.98. The zero-order valence-corrected chi connectivity index (χ0v) is 11.6. The fourth-order valence-electron chi connectivity index (χ4n) is 1.18. The van der Waals surface area contributed by atoms with Crippen LogP contribution in [0.15, 0.2) is 12.2 Å². The molecule has 90 valence electrons. The fourth-order valence-corrected chi connectivity index (χ4v) is 1.18. The summed E-state index contributed by atoms with van der Waals surface area (Å²) in [5, 5.41) is 0. The van der Waals surface area contributed by atoms with Crippen molar-refractivity contribution < 1.29 is 4.74 Å². The molecule has 0 saturated heterocycles. The maximum absolute atomic E-state index is 5.66. The fraction of sp³-hybridized carbons (Fsp3) is 0.857. The first-order valence-corrected chi connectivity index (χ1v) is 5.92. The van der Waals surface area contributed by atoms with Gasteiger partial charge in [0.15, 0.2) is 0 Å². The SMILES string of the molecule is CC(C)OCC(C)(C)C/C=C/C(C)(C)C. The van der Waals surface area contributed by atoms with Crippen molar-refractivity contribution in [1.29, 1.82) is 0 Å². The van der Waals surface area contributed by atoms with Crippen LogP contribution in [0.25, 0.3) is 0 Å². The summed E-state index contributed by atoms with van der Waals surface area (Å²) in [7, 11) is 0. The minimum absolute atomic E-state index is 0.242. The van der Waals surface area contributed by atoms with E-state index in [1.807, 2.05) is 0 Å². The molecule has 0 bridgehead atoms. The van der Waals surface area contributed by atoms with Crippen LogP contribution in [-0.2, 0) is 4.74 Å². The van der Waals surface area contributed by atoms with Crippen LogP contribution < -0.4 is 0 Å². The average Bonchev–Trinajstić information content (AvgIpc) is 1.98. The largest absolute Gasteiger partial charge is 0.378 e. The van der Waals surface area contributed by atoms with Crippen LogP contribution in [-0.4, -0.2) is 12.7 Å². The summed E-state index contributed by atoms with van der Waals surface area (Å²) in [4.78, 5) is 0. The molecule has 0 aromatic carbocycles. The van der Waals surface area contributed by atoms with Crippen molar-refractivity contribution in [2.75, 3.05) is 6.61 Å². The van der Waals surface area contributed by atoms with Crippen LogP contribution in [0.4, 0.5) is 0 Å². The predicted molar refractivity (Wildman–Crippen MR) is 68.1 cm³/mol. The van der Waals surface area contributed by atoms with Gasteiger partial charge < -0.3 is 4.74 Å². The van der Waals surface area contributed by atoms with Crippen LogP contribution >= 0.6 is 0 Å². The van der Waals surface area contributed by atoms with E-state index in [1.54, 1.807) is 0 Å². The quantitative estimate of drug-likeness (QED) is 0.613. The summed E-state index contributed by atoms with van der Waals surface area (Å²) in [6, 6.07) is 0. The van der Waals surface area contributed by atoms with E-state index in [2.05, 4.69) is 60.6 Å². The van der Waals surface area contributed by atoms with Crippen LogP contribution in [0.1, 0.15) is 54.9 Å². The molecule has 0 aliphatic carbocycles. The van der Waals surface area contributed by atoms with Crippen LogP contribution in [0.3, 0.4) is 0 Å². The molecule has 0 spiro atoms. The van der Waals surface area contributed by atoms with E-state index < -0.39 is 0 Å². The van der Waals surface area contributed by atoms with Gasteiger partial charge in [0, 0.05) is 0 Å². The van der Waals surface area contributed by atoms with Gasteiger partial charge in [-0.15, -0.1) is 0 Å². The first-order valence-electron chi connectivity index (χ1n) is 5.92. The molecule has 1 heteroatoms. The molecule has 0 atom stereocenters. The van der Waals surface area contributed by atoms with Crippen LogP contribution in [0, 0.1) is 10.8 Å². The molecule has 0 radical (unpaired) electrons. The highest BCUT2D eigenvalue weighted by Crippen LogP contribution is 2.24. The summed E-state index contributed by atoms with van der Waals surface area (Å²) in [6.07, 6.45) is 5.97. The van der Waals surface area contributed by atoms with Crippen molar-refractivity contribution in [3.8, 4) is 0 Å². The van der Waals surface area contributed by atoms with E-state index in [4.69, 9.17) is 4.74 Å². The number of hydrogen-bond donors (Lipinski definition) is 0. The van der Waals surface area contributed by atoms with Gasteiger partial charge >= 0.3 is 0 Å². The average molecular weight is 212 g/mol. The molecule has 0 aliphatic heterocycles. The maximum atomic E-state index is 5.66. The van der Waals surface area contributed by atoms with Gasteiger partial charge in [-0.2, -0.15) is 0 Å². The molecule has 1 nitrogen and oxygen atoms in total. The van der Waals surface area contributed by atoms with Gasteiger partial charge in [0.1, 0.15) is 0 Å². The first-order chi connectivity index (χ1) is 6.62. The summed E-state index contributed by atoms with van der Waals surface area (Å²) >= 11 is 0. The normalized spacial score (nSPS) is 14.1. The van der Waals surface area contributed by atoms with Gasteiger partial charge in [-0.3, -0.25) is 0 Å². The number of ether oxygens (including phenoxy) is 1. The second-order valence-electron chi connectivity index (χ2n) is 6.50. The molecule has 0 saturated carbocycles. The van der Waals surface area contributed by atoms with Crippen LogP contribution in [0.5, 0.6) is 0 Å². The summed E-state index contributed by atoms with van der Waals surface area (Å²) in [5.41, 5.74) is 0.529. The highest BCUT2D eigenvalue weighted by Gasteiger charge is 2.17. The second kappa shape index (κ2) is 5.69. The van der Waals surface area contributed by atoms with Gasteiger partial charge in [0.05, 0.1) is 12.7 Å². The van der Waals surface area contributed by atoms with Crippen molar-refractivity contribution in [3.05, 3.63) is 12.2 Å². The zero-order chi connectivity index (χ0) is 12.1. The molecule has 0 aromatic rings. The van der Waals surface area contributed by atoms with E-state index >= 15 is 0 Å². The standard InChI is InChI=1S/C14H28O/c1-12(2)15-11-14(6,7)10-8-9-13(3,4)5/h8-9,12H,10-11H2,1-7H3/b9-8+. The van der Waals surface area contributed by atoms with E-state index in [0.29, 0.717) is 6.10 Å². The van der Waals surface area contributed by atoms with Gasteiger partial charge in [0.25, 0.3) is 0 Å². The van der Waals surface area contributed by atoms with Gasteiger partial charge in [-0.25, -0.2) is 0 Å². The van der Waals surface area contributed by atoms with Crippen LogP contribution in [0.2, 0.25) is 0 Å². The minimum Gasteiger partial charge on any atom is -0.378 e. The monoisotopic (exact) mass is 212 g/mol. The third kappa shape index (κ3) is 9.99. The van der Waals surface area contributed by atoms with E-state index in [-0.39, 0.29) is 10.8 Å². The van der Waals surface area contributed by atoms with Gasteiger partial charge in [0.2, 0.25) is 0 Å². The summed E-state index contributed by atoms with van der Waals surface area (Å²) < 4.78 is 5.66. The molecule has 0 fully saturated rings. The Labute approximate surface area is 95.9 Å². The molecule has 15 heavy (non-hydrogen) atoms. The lowest BCUT2D eigenvalue weighted by Crippen LogP contribution is -2.21. The molecule has 0 N–H and O–H groups in total. The Hall–Kier alpha value is -0.300. The lowest BCUT2D eigenvalue weighted by atomic mass is 9.88. The Morgan fingerprint density at radius 3 is 2.00 bits per heavy atom. The van der Waals surface area contributed by atoms with Crippen molar-refractivity contribution in [2.45, 2.75) is 61.0 Å².